The largest absolute Gasteiger partial charge is 0.487 e. The fraction of sp³-hybridized carbons (Fsp3) is 0.350. The summed E-state index contributed by atoms with van der Waals surface area (Å²) >= 11 is 5.84. The number of hydrogen-bond acceptors (Lipinski definition) is 3. The van der Waals surface area contributed by atoms with Gasteiger partial charge in [-0.15, -0.1) is 0 Å². The Morgan fingerprint density at radius 1 is 1.28 bits per heavy atom. The van der Waals surface area contributed by atoms with E-state index < -0.39 is 0 Å². The number of benzene rings is 2. The van der Waals surface area contributed by atoms with Crippen molar-refractivity contribution in [2.45, 2.75) is 38.8 Å². The summed E-state index contributed by atoms with van der Waals surface area (Å²) < 4.78 is 11.6. The first-order chi connectivity index (χ1) is 11.8. The van der Waals surface area contributed by atoms with Gasteiger partial charge in [0.1, 0.15) is 17.1 Å². The molecule has 0 saturated heterocycles. The number of aryl methyl sites for hydroxylation is 1. The van der Waals surface area contributed by atoms with E-state index in [1.807, 2.05) is 32.9 Å². The predicted molar refractivity (Wildman–Crippen MR) is 98.3 cm³/mol. The monoisotopic (exact) mass is 359 g/mol. The van der Waals surface area contributed by atoms with Gasteiger partial charge in [0.05, 0.1) is 6.04 Å². The number of ether oxygens (including phenoxy) is 2. The van der Waals surface area contributed by atoms with Crippen LogP contribution < -0.4 is 14.8 Å². The van der Waals surface area contributed by atoms with E-state index in [2.05, 4.69) is 11.4 Å². The highest BCUT2D eigenvalue weighted by molar-refractivity contribution is 6.30. The van der Waals surface area contributed by atoms with Crippen LogP contribution in [-0.2, 0) is 4.79 Å². The van der Waals surface area contributed by atoms with Crippen LogP contribution >= 0.6 is 11.6 Å². The first-order valence-corrected chi connectivity index (χ1v) is 8.67. The molecule has 0 fully saturated rings. The first kappa shape index (κ1) is 17.6. The second-order valence-electron chi connectivity index (χ2n) is 6.97. The molecule has 0 spiro atoms. The summed E-state index contributed by atoms with van der Waals surface area (Å²) in [5.74, 6) is 1.28. The third-order valence-electron chi connectivity index (χ3n) is 4.14. The molecule has 4 nitrogen and oxygen atoms in total. The van der Waals surface area contributed by atoms with Crippen LogP contribution in [0, 0.1) is 6.92 Å². The zero-order valence-corrected chi connectivity index (χ0v) is 15.4. The van der Waals surface area contributed by atoms with E-state index in [0.717, 1.165) is 16.9 Å². The van der Waals surface area contributed by atoms with Crippen LogP contribution in [0.15, 0.2) is 42.5 Å². The van der Waals surface area contributed by atoms with E-state index in [4.69, 9.17) is 21.1 Å². The molecule has 1 amide bonds. The second-order valence-corrected chi connectivity index (χ2v) is 7.41. The Bertz CT molecular complexity index is 771. The highest BCUT2D eigenvalue weighted by atomic mass is 35.5. The number of amides is 1. The summed E-state index contributed by atoms with van der Waals surface area (Å²) in [5.41, 5.74) is 1.81. The SMILES string of the molecule is Cc1ccc2c(c1)C(NC(=O)COc1ccc(Cl)cc1)CC(C)(C)O2. The van der Waals surface area contributed by atoms with Gasteiger partial charge in [-0.05, 0) is 51.1 Å². The summed E-state index contributed by atoms with van der Waals surface area (Å²) in [6.07, 6.45) is 0.705. The molecule has 1 aliphatic heterocycles. The Balaban J connectivity index is 1.68. The molecule has 0 saturated carbocycles. The van der Waals surface area contributed by atoms with Crippen LogP contribution in [0.5, 0.6) is 11.5 Å². The van der Waals surface area contributed by atoms with Crippen molar-refractivity contribution in [3.63, 3.8) is 0 Å². The number of halogens is 1. The van der Waals surface area contributed by atoms with Gasteiger partial charge in [-0.25, -0.2) is 0 Å². The lowest BCUT2D eigenvalue weighted by Crippen LogP contribution is -2.42. The van der Waals surface area contributed by atoms with Gasteiger partial charge < -0.3 is 14.8 Å². The van der Waals surface area contributed by atoms with Crippen molar-refractivity contribution in [1.82, 2.24) is 5.32 Å². The molecular formula is C20H22ClNO3. The van der Waals surface area contributed by atoms with Gasteiger partial charge in [0.2, 0.25) is 0 Å². The summed E-state index contributed by atoms with van der Waals surface area (Å²) in [7, 11) is 0. The summed E-state index contributed by atoms with van der Waals surface area (Å²) in [6.45, 7) is 6.04. The number of carbonyl (C=O) groups is 1. The zero-order chi connectivity index (χ0) is 18.0. The summed E-state index contributed by atoms with van der Waals surface area (Å²) in [4.78, 5) is 12.4. The van der Waals surface area contributed by atoms with Crippen molar-refractivity contribution in [3.05, 3.63) is 58.6 Å². The van der Waals surface area contributed by atoms with Crippen LogP contribution in [0.4, 0.5) is 0 Å². The first-order valence-electron chi connectivity index (χ1n) is 8.30. The van der Waals surface area contributed by atoms with Crippen LogP contribution in [0.25, 0.3) is 0 Å². The fourth-order valence-corrected chi connectivity index (χ4v) is 3.14. The molecule has 3 rings (SSSR count). The summed E-state index contributed by atoms with van der Waals surface area (Å²) in [6, 6.07) is 12.9. The lowest BCUT2D eigenvalue weighted by Gasteiger charge is -2.38. The Kier molecular flexibility index (Phi) is 4.91. The average Bonchev–Trinajstić information content (AvgIpc) is 2.54. The molecule has 0 aromatic heterocycles. The van der Waals surface area contributed by atoms with E-state index >= 15 is 0 Å². The number of carbonyl (C=O) groups excluding carboxylic acids is 1. The predicted octanol–water partition coefficient (Wildman–Crippen LogP) is 4.45. The van der Waals surface area contributed by atoms with Crippen LogP contribution in [-0.4, -0.2) is 18.1 Å². The van der Waals surface area contributed by atoms with Gasteiger partial charge in [-0.3, -0.25) is 4.79 Å². The van der Waals surface area contributed by atoms with Crippen LogP contribution in [0.3, 0.4) is 0 Å². The van der Waals surface area contributed by atoms with Gasteiger partial charge in [-0.2, -0.15) is 0 Å². The Hall–Kier alpha value is -2.20. The Labute approximate surface area is 153 Å². The molecule has 2 aromatic carbocycles. The third kappa shape index (κ3) is 4.45. The molecule has 0 aliphatic carbocycles. The van der Waals surface area contributed by atoms with Crippen LogP contribution in [0.1, 0.15) is 37.4 Å². The highest BCUT2D eigenvalue weighted by Crippen LogP contribution is 2.39. The van der Waals surface area contributed by atoms with Gasteiger partial charge in [0.25, 0.3) is 5.91 Å². The fourth-order valence-electron chi connectivity index (χ4n) is 3.02. The van der Waals surface area contributed by atoms with E-state index in [0.29, 0.717) is 17.2 Å². The molecule has 1 atom stereocenters. The summed E-state index contributed by atoms with van der Waals surface area (Å²) in [5, 5.41) is 3.70. The third-order valence-corrected chi connectivity index (χ3v) is 4.39. The lowest BCUT2D eigenvalue weighted by molar-refractivity contribution is -0.124. The van der Waals surface area contributed by atoms with Gasteiger partial charge in [-0.1, -0.05) is 29.3 Å². The number of hydrogen-bond donors (Lipinski definition) is 1. The average molecular weight is 360 g/mol. The van der Waals surface area contributed by atoms with Gasteiger partial charge in [0.15, 0.2) is 6.61 Å². The molecular weight excluding hydrogens is 338 g/mol. The van der Waals surface area contributed by atoms with Crippen LogP contribution in [0.2, 0.25) is 5.02 Å². The molecule has 25 heavy (non-hydrogen) atoms. The quantitative estimate of drug-likeness (QED) is 0.877. The number of rotatable bonds is 4. The zero-order valence-electron chi connectivity index (χ0n) is 14.6. The maximum absolute atomic E-state index is 12.4. The smallest absolute Gasteiger partial charge is 0.258 e. The lowest BCUT2D eigenvalue weighted by atomic mass is 9.89. The normalized spacial score (nSPS) is 18.0. The molecule has 0 radical (unpaired) electrons. The minimum absolute atomic E-state index is 0.0411. The molecule has 1 N–H and O–H groups in total. The van der Waals surface area contributed by atoms with Crippen molar-refractivity contribution < 1.29 is 14.3 Å². The van der Waals surface area contributed by atoms with Gasteiger partial charge in [0, 0.05) is 17.0 Å². The maximum Gasteiger partial charge on any atom is 0.258 e. The van der Waals surface area contributed by atoms with Crippen molar-refractivity contribution in [2.24, 2.45) is 0 Å². The van der Waals surface area contributed by atoms with Crippen molar-refractivity contribution >= 4 is 17.5 Å². The molecule has 2 aromatic rings. The molecule has 1 aliphatic rings. The van der Waals surface area contributed by atoms with E-state index in [-0.39, 0.29) is 24.2 Å². The number of fused-ring (bicyclic) bond motifs is 1. The van der Waals surface area contributed by atoms with Crippen molar-refractivity contribution in [2.75, 3.05) is 6.61 Å². The molecule has 132 valence electrons. The van der Waals surface area contributed by atoms with E-state index in [9.17, 15) is 4.79 Å². The topological polar surface area (TPSA) is 47.6 Å². The maximum atomic E-state index is 12.4. The minimum atomic E-state index is -0.336. The number of nitrogens with one attached hydrogen (secondary N) is 1. The Morgan fingerprint density at radius 3 is 2.72 bits per heavy atom. The van der Waals surface area contributed by atoms with E-state index in [1.165, 1.54) is 0 Å². The second kappa shape index (κ2) is 6.96. The standard InChI is InChI=1S/C20H22ClNO3/c1-13-4-9-18-16(10-13)17(11-20(2,3)25-18)22-19(23)12-24-15-7-5-14(21)6-8-15/h4-10,17H,11-12H2,1-3H3,(H,22,23). The van der Waals surface area contributed by atoms with E-state index in [1.54, 1.807) is 24.3 Å². The van der Waals surface area contributed by atoms with Crippen molar-refractivity contribution in [3.8, 4) is 11.5 Å². The van der Waals surface area contributed by atoms with Crippen molar-refractivity contribution in [1.29, 1.82) is 0 Å². The molecule has 1 heterocycles. The van der Waals surface area contributed by atoms with Gasteiger partial charge >= 0.3 is 0 Å². The molecule has 5 heteroatoms. The Morgan fingerprint density at radius 2 is 2.00 bits per heavy atom. The molecule has 0 bridgehead atoms. The highest BCUT2D eigenvalue weighted by Gasteiger charge is 2.34. The minimum Gasteiger partial charge on any atom is -0.487 e. The molecule has 1 unspecified atom stereocenters.